The first-order chi connectivity index (χ1) is 12.1. The van der Waals surface area contributed by atoms with Crippen LogP contribution in [0.3, 0.4) is 0 Å². The van der Waals surface area contributed by atoms with Crippen LogP contribution in [0.25, 0.3) is 0 Å². The lowest BCUT2D eigenvalue weighted by molar-refractivity contribution is 0.0720. The summed E-state index contributed by atoms with van der Waals surface area (Å²) < 4.78 is 36.2. The molecular formula is C21H34O4S. The van der Waals surface area contributed by atoms with E-state index in [1.54, 1.807) is 0 Å². The van der Waals surface area contributed by atoms with Crippen LogP contribution in [0.2, 0.25) is 0 Å². The number of rotatable bonds is 11. The minimum atomic E-state index is -3.09. The summed E-state index contributed by atoms with van der Waals surface area (Å²) in [5.41, 5.74) is 1.13. The average Bonchev–Trinajstić information content (AvgIpc) is 3.35. The quantitative estimate of drug-likeness (QED) is 0.531. The molecule has 0 aromatic heterocycles. The van der Waals surface area contributed by atoms with E-state index in [2.05, 4.69) is 20.8 Å². The minimum absolute atomic E-state index is 0.0417. The van der Waals surface area contributed by atoms with E-state index in [-0.39, 0.29) is 22.8 Å². The van der Waals surface area contributed by atoms with Crippen molar-refractivity contribution in [3.63, 3.8) is 0 Å². The highest BCUT2D eigenvalue weighted by Crippen LogP contribution is 2.30. The fourth-order valence-corrected chi connectivity index (χ4v) is 4.41. The standard InChI is InChI=1S/C21H34O4S/c1-17(15-26(22,23)12-6-11-24-16-21(2,3)4)19-7-5-8-20(13-19)25-14-18-9-10-18/h5,7-8,13,17-18H,6,9-12,14-16H2,1-4H3/t17-/m0/s1. The highest BCUT2D eigenvalue weighted by atomic mass is 32.2. The third kappa shape index (κ3) is 8.54. The predicted molar refractivity (Wildman–Crippen MR) is 107 cm³/mol. The Labute approximate surface area is 159 Å². The molecule has 0 saturated heterocycles. The lowest BCUT2D eigenvalue weighted by Gasteiger charge is -2.18. The van der Waals surface area contributed by atoms with Crippen LogP contribution in [0, 0.1) is 11.3 Å². The molecule has 0 aliphatic heterocycles. The summed E-state index contributed by atoms with van der Waals surface area (Å²) in [6.45, 7) is 10.2. The molecule has 0 N–H and O–H groups in total. The summed E-state index contributed by atoms with van der Waals surface area (Å²) in [7, 11) is -3.09. The lowest BCUT2D eigenvalue weighted by atomic mass is 9.99. The fourth-order valence-electron chi connectivity index (χ4n) is 2.73. The van der Waals surface area contributed by atoms with Gasteiger partial charge in [-0.25, -0.2) is 8.42 Å². The van der Waals surface area contributed by atoms with Crippen LogP contribution in [0.4, 0.5) is 0 Å². The van der Waals surface area contributed by atoms with Gasteiger partial charge in [-0.1, -0.05) is 39.8 Å². The summed E-state index contributed by atoms with van der Waals surface area (Å²) in [4.78, 5) is 0. The van der Waals surface area contributed by atoms with Crippen molar-refractivity contribution in [3.8, 4) is 5.75 Å². The Hall–Kier alpha value is -1.07. The van der Waals surface area contributed by atoms with Gasteiger partial charge in [-0.15, -0.1) is 0 Å². The zero-order chi connectivity index (χ0) is 19.2. The lowest BCUT2D eigenvalue weighted by Crippen LogP contribution is -2.19. The Morgan fingerprint density at radius 3 is 2.62 bits per heavy atom. The van der Waals surface area contributed by atoms with Crippen LogP contribution in [-0.2, 0) is 14.6 Å². The normalized spacial score (nSPS) is 16.5. The second-order valence-corrected chi connectivity index (χ2v) is 11.0. The van der Waals surface area contributed by atoms with Gasteiger partial charge in [0.25, 0.3) is 0 Å². The number of sulfone groups is 1. The molecule has 5 heteroatoms. The second-order valence-electron chi connectivity index (χ2n) is 8.81. The van der Waals surface area contributed by atoms with Crippen LogP contribution in [0.5, 0.6) is 5.75 Å². The van der Waals surface area contributed by atoms with E-state index in [9.17, 15) is 8.42 Å². The maximum absolute atomic E-state index is 12.4. The monoisotopic (exact) mass is 382 g/mol. The van der Waals surface area contributed by atoms with E-state index in [1.165, 1.54) is 12.8 Å². The van der Waals surface area contributed by atoms with Gasteiger partial charge in [0.05, 0.1) is 24.7 Å². The molecule has 0 amide bonds. The van der Waals surface area contributed by atoms with Crippen LogP contribution >= 0.6 is 0 Å². The first kappa shape index (κ1) is 21.2. The van der Waals surface area contributed by atoms with Crippen molar-refractivity contribution in [2.75, 3.05) is 31.3 Å². The molecule has 1 saturated carbocycles. The van der Waals surface area contributed by atoms with E-state index in [4.69, 9.17) is 9.47 Å². The molecule has 1 atom stereocenters. The summed E-state index contributed by atoms with van der Waals surface area (Å²) in [6.07, 6.45) is 3.07. The molecule has 0 unspecified atom stereocenters. The van der Waals surface area contributed by atoms with E-state index >= 15 is 0 Å². The third-order valence-electron chi connectivity index (χ3n) is 4.39. The largest absolute Gasteiger partial charge is 0.493 e. The van der Waals surface area contributed by atoms with Crippen LogP contribution in [0.1, 0.15) is 58.4 Å². The molecule has 0 spiro atoms. The first-order valence-corrected chi connectivity index (χ1v) is 11.5. The molecule has 0 radical (unpaired) electrons. The van der Waals surface area contributed by atoms with Gasteiger partial charge in [0.15, 0.2) is 9.84 Å². The Balaban J connectivity index is 1.77. The number of hydrogen-bond donors (Lipinski definition) is 0. The molecule has 0 bridgehead atoms. The van der Waals surface area contributed by atoms with Gasteiger partial charge in [0.1, 0.15) is 5.75 Å². The van der Waals surface area contributed by atoms with Gasteiger partial charge in [-0.2, -0.15) is 0 Å². The molecule has 1 aliphatic rings. The van der Waals surface area contributed by atoms with E-state index in [0.717, 1.165) is 17.9 Å². The fraction of sp³-hybridized carbons (Fsp3) is 0.714. The topological polar surface area (TPSA) is 52.6 Å². The molecular weight excluding hydrogens is 348 g/mol. The highest BCUT2D eigenvalue weighted by molar-refractivity contribution is 7.91. The van der Waals surface area contributed by atoms with E-state index in [0.29, 0.717) is 25.6 Å². The number of ether oxygens (including phenoxy) is 2. The van der Waals surface area contributed by atoms with Gasteiger partial charge < -0.3 is 9.47 Å². The zero-order valence-electron chi connectivity index (χ0n) is 16.7. The van der Waals surface area contributed by atoms with Gasteiger partial charge in [-0.05, 0) is 54.2 Å². The number of hydrogen-bond acceptors (Lipinski definition) is 4. The number of benzene rings is 1. The van der Waals surface area contributed by atoms with Crippen molar-refractivity contribution in [2.24, 2.45) is 11.3 Å². The second kappa shape index (κ2) is 9.23. The van der Waals surface area contributed by atoms with Crippen molar-refractivity contribution in [3.05, 3.63) is 29.8 Å². The van der Waals surface area contributed by atoms with E-state index < -0.39 is 9.84 Å². The summed E-state index contributed by atoms with van der Waals surface area (Å²) >= 11 is 0. The maximum atomic E-state index is 12.4. The van der Waals surface area contributed by atoms with Crippen molar-refractivity contribution >= 4 is 9.84 Å². The Kier molecular flexibility index (Phi) is 7.53. The molecule has 1 aromatic rings. The summed E-state index contributed by atoms with van der Waals surface area (Å²) in [5, 5.41) is 0. The van der Waals surface area contributed by atoms with Crippen molar-refractivity contribution in [2.45, 2.75) is 52.9 Å². The van der Waals surface area contributed by atoms with Crippen molar-refractivity contribution in [1.82, 2.24) is 0 Å². The Morgan fingerprint density at radius 2 is 1.96 bits per heavy atom. The van der Waals surface area contributed by atoms with Gasteiger partial charge >= 0.3 is 0 Å². The van der Waals surface area contributed by atoms with Gasteiger partial charge in [0.2, 0.25) is 0 Å². The van der Waals surface area contributed by atoms with Crippen LogP contribution < -0.4 is 4.74 Å². The first-order valence-electron chi connectivity index (χ1n) is 9.65. The summed E-state index contributed by atoms with van der Waals surface area (Å²) in [5.74, 6) is 1.85. The summed E-state index contributed by atoms with van der Waals surface area (Å²) in [6, 6.07) is 7.85. The Bertz CT molecular complexity index is 657. The minimum Gasteiger partial charge on any atom is -0.493 e. The SMILES string of the molecule is C[C@@H](CS(=O)(=O)CCCOCC(C)(C)C)c1cccc(OCC2CC2)c1. The third-order valence-corrected chi connectivity index (χ3v) is 6.31. The van der Waals surface area contributed by atoms with Crippen molar-refractivity contribution in [1.29, 1.82) is 0 Å². The molecule has 0 heterocycles. The van der Waals surface area contributed by atoms with E-state index in [1.807, 2.05) is 31.2 Å². The average molecular weight is 383 g/mol. The van der Waals surface area contributed by atoms with Gasteiger partial charge in [-0.3, -0.25) is 0 Å². The van der Waals surface area contributed by atoms with Crippen molar-refractivity contribution < 1.29 is 17.9 Å². The van der Waals surface area contributed by atoms with Gasteiger partial charge in [0, 0.05) is 6.61 Å². The molecule has 4 nitrogen and oxygen atoms in total. The molecule has 26 heavy (non-hydrogen) atoms. The molecule has 1 aromatic carbocycles. The zero-order valence-corrected chi connectivity index (χ0v) is 17.5. The van der Waals surface area contributed by atoms with Crippen LogP contribution in [-0.4, -0.2) is 39.7 Å². The van der Waals surface area contributed by atoms with Crippen LogP contribution in [0.15, 0.2) is 24.3 Å². The molecule has 1 fully saturated rings. The maximum Gasteiger partial charge on any atom is 0.150 e. The smallest absolute Gasteiger partial charge is 0.150 e. The predicted octanol–water partition coefficient (Wildman–Crippen LogP) is 4.45. The highest BCUT2D eigenvalue weighted by Gasteiger charge is 2.22. The molecule has 1 aliphatic carbocycles. The Morgan fingerprint density at radius 1 is 1.23 bits per heavy atom. The molecule has 2 rings (SSSR count). The molecule has 148 valence electrons.